The molecule has 0 atom stereocenters. The number of carbonyl (C=O) groups excluding carboxylic acids is 2. The smallest absolute Gasteiger partial charge is 0.318 e. The number of sulfonamides is 1. The molecular weight excluding hydrogens is 354 g/mol. The van der Waals surface area contributed by atoms with Crippen LogP contribution in [0.3, 0.4) is 0 Å². The number of halogens is 1. The van der Waals surface area contributed by atoms with Gasteiger partial charge in [0.2, 0.25) is 0 Å². The fourth-order valence-corrected chi connectivity index (χ4v) is 2.63. The lowest BCUT2D eigenvalue weighted by molar-refractivity contribution is -0.136. The average Bonchev–Trinajstić information content (AvgIpc) is 2.55. The minimum absolute atomic E-state index is 0.105. The van der Waals surface area contributed by atoms with E-state index in [1.807, 2.05) is 17.2 Å². The summed E-state index contributed by atoms with van der Waals surface area (Å²) in [6, 6.07) is 12.1. The zero-order valence-corrected chi connectivity index (χ0v) is 14.1. The summed E-state index contributed by atoms with van der Waals surface area (Å²) >= 11 is 5.68. The van der Waals surface area contributed by atoms with Gasteiger partial charge in [-0.15, -0.1) is 4.83 Å². The summed E-state index contributed by atoms with van der Waals surface area (Å²) in [4.78, 5) is 25.1. The third-order valence-electron chi connectivity index (χ3n) is 2.94. The van der Waals surface area contributed by atoms with Gasteiger partial charge in [-0.1, -0.05) is 29.3 Å². The normalized spacial score (nSPS) is 10.9. The summed E-state index contributed by atoms with van der Waals surface area (Å²) in [6.45, 7) is 1.88. The second-order valence-electron chi connectivity index (χ2n) is 4.83. The van der Waals surface area contributed by atoms with Crippen LogP contribution < -0.4 is 15.6 Å². The Kier molecular flexibility index (Phi) is 5.55. The molecular formula is C15H14ClN3O4S. The van der Waals surface area contributed by atoms with Gasteiger partial charge >= 0.3 is 11.8 Å². The van der Waals surface area contributed by atoms with Crippen molar-refractivity contribution < 1.29 is 18.0 Å². The van der Waals surface area contributed by atoms with Crippen molar-refractivity contribution in [3.8, 4) is 0 Å². The molecule has 0 aliphatic carbocycles. The number of benzene rings is 2. The number of aryl methyl sites for hydroxylation is 1. The number of carbonyl (C=O) groups is 2. The molecule has 0 aliphatic rings. The van der Waals surface area contributed by atoms with Crippen LogP contribution in [-0.4, -0.2) is 20.2 Å². The Morgan fingerprint density at radius 3 is 2.08 bits per heavy atom. The first-order valence-electron chi connectivity index (χ1n) is 6.73. The van der Waals surface area contributed by atoms with Crippen molar-refractivity contribution in [1.82, 2.24) is 10.3 Å². The van der Waals surface area contributed by atoms with Gasteiger partial charge in [0.25, 0.3) is 10.0 Å². The summed E-state index contributed by atoms with van der Waals surface area (Å²) < 4.78 is 23.9. The van der Waals surface area contributed by atoms with Crippen LogP contribution in [0, 0.1) is 6.92 Å². The highest BCUT2D eigenvalue weighted by atomic mass is 35.5. The van der Waals surface area contributed by atoms with Gasteiger partial charge in [0.15, 0.2) is 0 Å². The summed E-state index contributed by atoms with van der Waals surface area (Å²) in [5.41, 5.74) is 3.26. The van der Waals surface area contributed by atoms with Crippen LogP contribution in [0.4, 0.5) is 5.69 Å². The van der Waals surface area contributed by atoms with Crippen LogP contribution in [-0.2, 0) is 19.6 Å². The van der Waals surface area contributed by atoms with Crippen molar-refractivity contribution in [3.05, 3.63) is 59.1 Å². The minimum atomic E-state index is -4.00. The maximum absolute atomic E-state index is 12.0. The lowest BCUT2D eigenvalue weighted by atomic mass is 10.2. The Labute approximate surface area is 144 Å². The van der Waals surface area contributed by atoms with Gasteiger partial charge in [-0.3, -0.25) is 15.0 Å². The highest BCUT2D eigenvalue weighted by Crippen LogP contribution is 2.13. The standard InChI is InChI=1S/C15H14ClN3O4S/c1-10-2-6-12(7-3-10)17-14(20)15(21)18-19-24(22,23)13-8-4-11(16)5-9-13/h2-9,19H,1H3,(H,17,20)(H,18,21). The molecule has 0 aromatic heterocycles. The van der Waals surface area contributed by atoms with Gasteiger partial charge in [-0.05, 0) is 43.3 Å². The van der Waals surface area contributed by atoms with Gasteiger partial charge in [-0.25, -0.2) is 8.42 Å². The van der Waals surface area contributed by atoms with Crippen molar-refractivity contribution in [2.45, 2.75) is 11.8 Å². The number of anilines is 1. The van der Waals surface area contributed by atoms with Crippen LogP contribution >= 0.6 is 11.6 Å². The Morgan fingerprint density at radius 2 is 1.50 bits per heavy atom. The van der Waals surface area contributed by atoms with E-state index < -0.39 is 21.8 Å². The first-order valence-corrected chi connectivity index (χ1v) is 8.59. The molecule has 3 N–H and O–H groups in total. The first kappa shape index (κ1) is 17.9. The number of hydrogen-bond acceptors (Lipinski definition) is 4. The van der Waals surface area contributed by atoms with Crippen LogP contribution in [0.1, 0.15) is 5.56 Å². The Balaban J connectivity index is 1.95. The number of hydrogen-bond donors (Lipinski definition) is 3. The van der Waals surface area contributed by atoms with E-state index >= 15 is 0 Å². The monoisotopic (exact) mass is 367 g/mol. The topological polar surface area (TPSA) is 104 Å². The molecule has 0 saturated heterocycles. The van der Waals surface area contributed by atoms with Gasteiger partial charge in [-0.2, -0.15) is 0 Å². The molecule has 2 aromatic carbocycles. The zero-order valence-electron chi connectivity index (χ0n) is 12.5. The third kappa shape index (κ3) is 4.79. The fraction of sp³-hybridized carbons (Fsp3) is 0.0667. The summed E-state index contributed by atoms with van der Waals surface area (Å²) in [5, 5.41) is 2.72. The molecule has 0 spiro atoms. The van der Waals surface area contributed by atoms with Crippen molar-refractivity contribution in [2.75, 3.05) is 5.32 Å². The second-order valence-corrected chi connectivity index (χ2v) is 6.95. The average molecular weight is 368 g/mol. The Hall–Kier alpha value is -2.42. The molecule has 2 aromatic rings. The van der Waals surface area contributed by atoms with E-state index in [0.717, 1.165) is 5.56 Å². The van der Waals surface area contributed by atoms with E-state index in [9.17, 15) is 18.0 Å². The summed E-state index contributed by atoms with van der Waals surface area (Å²) in [7, 11) is -4.00. The highest BCUT2D eigenvalue weighted by Gasteiger charge is 2.18. The molecule has 7 nitrogen and oxygen atoms in total. The molecule has 24 heavy (non-hydrogen) atoms. The summed E-state index contributed by atoms with van der Waals surface area (Å²) in [5.74, 6) is -2.15. The quantitative estimate of drug-likeness (QED) is 0.564. The number of hydrazine groups is 1. The molecule has 0 aliphatic heterocycles. The number of amides is 2. The first-order chi connectivity index (χ1) is 11.3. The third-order valence-corrected chi connectivity index (χ3v) is 4.45. The molecule has 9 heteroatoms. The maximum Gasteiger partial charge on any atom is 0.324 e. The Bertz CT molecular complexity index is 849. The van der Waals surface area contributed by atoms with Gasteiger partial charge in [0.1, 0.15) is 0 Å². The van der Waals surface area contributed by atoms with E-state index in [-0.39, 0.29) is 4.90 Å². The van der Waals surface area contributed by atoms with E-state index in [0.29, 0.717) is 10.7 Å². The molecule has 0 heterocycles. The lowest BCUT2D eigenvalue weighted by Gasteiger charge is -2.09. The zero-order chi connectivity index (χ0) is 17.7. The maximum atomic E-state index is 12.0. The van der Waals surface area contributed by atoms with Crippen LogP contribution in [0.2, 0.25) is 5.02 Å². The van der Waals surface area contributed by atoms with Crippen LogP contribution in [0.15, 0.2) is 53.4 Å². The fourth-order valence-electron chi connectivity index (χ4n) is 1.67. The van der Waals surface area contributed by atoms with Crippen LogP contribution in [0.5, 0.6) is 0 Å². The van der Waals surface area contributed by atoms with E-state index in [4.69, 9.17) is 11.6 Å². The van der Waals surface area contributed by atoms with E-state index in [2.05, 4.69) is 5.32 Å². The molecule has 0 radical (unpaired) electrons. The van der Waals surface area contributed by atoms with Crippen molar-refractivity contribution in [1.29, 1.82) is 0 Å². The van der Waals surface area contributed by atoms with Crippen molar-refractivity contribution >= 4 is 39.1 Å². The molecule has 126 valence electrons. The predicted molar refractivity (Wildman–Crippen MR) is 89.7 cm³/mol. The highest BCUT2D eigenvalue weighted by molar-refractivity contribution is 7.89. The molecule has 2 amide bonds. The predicted octanol–water partition coefficient (Wildman–Crippen LogP) is 1.60. The molecule has 2 rings (SSSR count). The minimum Gasteiger partial charge on any atom is -0.318 e. The molecule has 0 saturated carbocycles. The van der Waals surface area contributed by atoms with Gasteiger partial charge in [0, 0.05) is 10.7 Å². The molecule has 0 fully saturated rings. The van der Waals surface area contributed by atoms with Gasteiger partial charge in [0.05, 0.1) is 4.90 Å². The van der Waals surface area contributed by atoms with E-state index in [1.165, 1.54) is 24.3 Å². The largest absolute Gasteiger partial charge is 0.324 e. The number of nitrogens with one attached hydrogen (secondary N) is 3. The summed E-state index contributed by atoms with van der Waals surface area (Å²) in [6.07, 6.45) is 0. The number of rotatable bonds is 4. The van der Waals surface area contributed by atoms with E-state index in [1.54, 1.807) is 24.3 Å². The van der Waals surface area contributed by atoms with Gasteiger partial charge < -0.3 is 5.32 Å². The Morgan fingerprint density at radius 1 is 0.917 bits per heavy atom. The van der Waals surface area contributed by atoms with Crippen molar-refractivity contribution in [3.63, 3.8) is 0 Å². The molecule has 0 unspecified atom stereocenters. The molecule has 0 bridgehead atoms. The SMILES string of the molecule is Cc1ccc(NC(=O)C(=O)NNS(=O)(=O)c2ccc(Cl)cc2)cc1. The second kappa shape index (κ2) is 7.43. The van der Waals surface area contributed by atoms with Crippen molar-refractivity contribution in [2.24, 2.45) is 0 Å². The van der Waals surface area contributed by atoms with Crippen LogP contribution in [0.25, 0.3) is 0 Å². The lowest BCUT2D eigenvalue weighted by Crippen LogP contribution is -2.46.